The number of benzene rings is 3. The Morgan fingerprint density at radius 2 is 1.61 bits per heavy atom. The fourth-order valence-electron chi connectivity index (χ4n) is 3.93. The molecule has 5 nitrogen and oxygen atoms in total. The molecular formula is C25H26N2O3S. The summed E-state index contributed by atoms with van der Waals surface area (Å²) in [6.45, 7) is 2.54. The molecule has 1 fully saturated rings. The minimum Gasteiger partial charge on any atom is -0.325 e. The summed E-state index contributed by atoms with van der Waals surface area (Å²) in [5.74, 6) is -0.537. The Morgan fingerprint density at radius 1 is 0.935 bits per heavy atom. The normalized spacial score (nSPS) is 17.3. The summed E-state index contributed by atoms with van der Waals surface area (Å²) in [5.41, 5.74) is 3.70. The van der Waals surface area contributed by atoms with Crippen molar-refractivity contribution in [2.24, 2.45) is 5.92 Å². The highest BCUT2D eigenvalue weighted by atomic mass is 32.2. The molecule has 0 radical (unpaired) electrons. The number of carbonyl (C=O) groups excluding carboxylic acids is 1. The zero-order chi connectivity index (χ0) is 21.8. The van der Waals surface area contributed by atoms with Crippen LogP contribution in [0.15, 0.2) is 83.8 Å². The third-order valence-electron chi connectivity index (χ3n) is 5.68. The van der Waals surface area contributed by atoms with Gasteiger partial charge in [0.25, 0.3) is 0 Å². The van der Waals surface area contributed by atoms with Crippen LogP contribution in [-0.2, 0) is 14.8 Å². The van der Waals surface area contributed by atoms with Gasteiger partial charge < -0.3 is 5.32 Å². The van der Waals surface area contributed by atoms with Gasteiger partial charge in [-0.05, 0) is 43.5 Å². The fourth-order valence-corrected chi connectivity index (χ4v) is 5.45. The quantitative estimate of drug-likeness (QED) is 0.633. The molecule has 0 bridgehead atoms. The van der Waals surface area contributed by atoms with Crippen molar-refractivity contribution in [1.29, 1.82) is 0 Å². The highest BCUT2D eigenvalue weighted by Gasteiger charge is 2.33. The van der Waals surface area contributed by atoms with Crippen LogP contribution in [0.1, 0.15) is 18.4 Å². The van der Waals surface area contributed by atoms with Crippen molar-refractivity contribution in [1.82, 2.24) is 4.31 Å². The van der Waals surface area contributed by atoms with Gasteiger partial charge in [-0.15, -0.1) is 0 Å². The van der Waals surface area contributed by atoms with Crippen LogP contribution in [0.2, 0.25) is 0 Å². The van der Waals surface area contributed by atoms with Crippen molar-refractivity contribution in [3.8, 4) is 11.1 Å². The van der Waals surface area contributed by atoms with E-state index in [0.717, 1.165) is 22.4 Å². The van der Waals surface area contributed by atoms with Gasteiger partial charge in [0.05, 0.1) is 10.8 Å². The van der Waals surface area contributed by atoms with E-state index in [1.54, 1.807) is 24.3 Å². The molecule has 1 aliphatic heterocycles. The Balaban J connectivity index is 1.51. The van der Waals surface area contributed by atoms with Gasteiger partial charge >= 0.3 is 0 Å². The summed E-state index contributed by atoms with van der Waals surface area (Å²) in [6, 6.07) is 24.4. The van der Waals surface area contributed by atoms with Crippen molar-refractivity contribution in [2.75, 3.05) is 18.4 Å². The Morgan fingerprint density at radius 3 is 2.35 bits per heavy atom. The van der Waals surface area contributed by atoms with Crippen molar-refractivity contribution < 1.29 is 13.2 Å². The number of nitrogens with one attached hydrogen (secondary N) is 1. The maximum Gasteiger partial charge on any atom is 0.243 e. The molecule has 0 spiro atoms. The number of sulfonamides is 1. The Kier molecular flexibility index (Phi) is 6.20. The van der Waals surface area contributed by atoms with E-state index in [1.807, 2.05) is 61.5 Å². The first-order chi connectivity index (χ1) is 14.9. The number of carbonyl (C=O) groups is 1. The van der Waals surface area contributed by atoms with Crippen LogP contribution in [0.3, 0.4) is 0 Å². The topological polar surface area (TPSA) is 66.5 Å². The highest BCUT2D eigenvalue weighted by Crippen LogP contribution is 2.29. The first-order valence-corrected chi connectivity index (χ1v) is 11.9. The van der Waals surface area contributed by atoms with Crippen molar-refractivity contribution >= 4 is 21.6 Å². The molecule has 0 aliphatic carbocycles. The van der Waals surface area contributed by atoms with Gasteiger partial charge in [-0.3, -0.25) is 4.79 Å². The molecule has 3 aromatic carbocycles. The average molecular weight is 435 g/mol. The molecule has 160 valence electrons. The summed E-state index contributed by atoms with van der Waals surface area (Å²) in [4.78, 5) is 13.3. The van der Waals surface area contributed by atoms with Gasteiger partial charge in [0.1, 0.15) is 0 Å². The largest absolute Gasteiger partial charge is 0.325 e. The first-order valence-electron chi connectivity index (χ1n) is 10.5. The van der Waals surface area contributed by atoms with Crippen molar-refractivity contribution in [3.05, 3.63) is 84.4 Å². The van der Waals surface area contributed by atoms with Crippen molar-refractivity contribution in [3.63, 3.8) is 0 Å². The van der Waals surface area contributed by atoms with Gasteiger partial charge in [0, 0.05) is 24.3 Å². The number of piperidine rings is 1. The van der Waals surface area contributed by atoms with E-state index in [-0.39, 0.29) is 17.3 Å². The average Bonchev–Trinajstić information content (AvgIpc) is 2.80. The lowest BCUT2D eigenvalue weighted by Gasteiger charge is -2.31. The third-order valence-corrected chi connectivity index (χ3v) is 7.56. The van der Waals surface area contributed by atoms with Crippen molar-refractivity contribution in [2.45, 2.75) is 24.7 Å². The van der Waals surface area contributed by atoms with E-state index in [0.29, 0.717) is 19.4 Å². The summed E-state index contributed by atoms with van der Waals surface area (Å²) < 4.78 is 27.6. The lowest BCUT2D eigenvalue weighted by Crippen LogP contribution is -2.43. The second kappa shape index (κ2) is 9.04. The van der Waals surface area contributed by atoms with Crippen LogP contribution < -0.4 is 5.32 Å². The summed E-state index contributed by atoms with van der Waals surface area (Å²) in [7, 11) is -3.62. The van der Waals surface area contributed by atoms with Gasteiger partial charge in [-0.2, -0.15) is 4.31 Å². The van der Waals surface area contributed by atoms with E-state index in [2.05, 4.69) is 5.32 Å². The number of para-hydroxylation sites is 1. The monoisotopic (exact) mass is 434 g/mol. The molecule has 0 saturated carbocycles. The smallest absolute Gasteiger partial charge is 0.243 e. The Bertz CT molecular complexity index is 1160. The number of anilines is 1. The van der Waals surface area contributed by atoms with Gasteiger partial charge in [0.2, 0.25) is 15.9 Å². The molecule has 1 N–H and O–H groups in total. The lowest BCUT2D eigenvalue weighted by molar-refractivity contribution is -0.120. The zero-order valence-corrected chi connectivity index (χ0v) is 18.3. The molecule has 1 aliphatic rings. The molecule has 4 rings (SSSR count). The summed E-state index contributed by atoms with van der Waals surface area (Å²) in [6.07, 6.45) is 1.32. The Hall–Kier alpha value is -2.96. The first kappa shape index (κ1) is 21.3. The van der Waals surface area contributed by atoms with Gasteiger partial charge in [-0.25, -0.2) is 8.42 Å². The second-order valence-electron chi connectivity index (χ2n) is 7.92. The molecule has 1 amide bonds. The molecule has 31 heavy (non-hydrogen) atoms. The van der Waals surface area contributed by atoms with Gasteiger partial charge in [-0.1, -0.05) is 66.2 Å². The maximum atomic E-state index is 13.1. The maximum absolute atomic E-state index is 13.1. The predicted molar refractivity (Wildman–Crippen MR) is 123 cm³/mol. The molecule has 1 saturated heterocycles. The molecule has 3 aromatic rings. The molecule has 1 atom stereocenters. The number of aryl methyl sites for hydroxylation is 1. The molecule has 1 heterocycles. The standard InChI is InChI=1S/C25H26N2O3S/c1-19-13-15-22(16-14-19)31(29,30)27-17-7-10-21(18-27)25(28)26-24-12-6-5-11-23(24)20-8-3-2-4-9-20/h2-6,8-9,11-16,21H,7,10,17-18H2,1H3,(H,26,28)/t21-/m1/s1. The summed E-state index contributed by atoms with van der Waals surface area (Å²) >= 11 is 0. The van der Waals surface area contributed by atoms with Crippen LogP contribution >= 0.6 is 0 Å². The van der Waals surface area contributed by atoms with Crippen LogP contribution in [0, 0.1) is 12.8 Å². The lowest BCUT2D eigenvalue weighted by atomic mass is 9.98. The van der Waals surface area contributed by atoms with Gasteiger partial charge in [0.15, 0.2) is 0 Å². The number of hydrogen-bond donors (Lipinski definition) is 1. The summed E-state index contributed by atoms with van der Waals surface area (Å²) in [5, 5.41) is 3.04. The van der Waals surface area contributed by atoms with E-state index in [4.69, 9.17) is 0 Å². The predicted octanol–water partition coefficient (Wildman–Crippen LogP) is 4.70. The second-order valence-corrected chi connectivity index (χ2v) is 9.85. The highest BCUT2D eigenvalue weighted by molar-refractivity contribution is 7.89. The molecular weight excluding hydrogens is 408 g/mol. The number of nitrogens with zero attached hydrogens (tertiary/aromatic N) is 1. The molecule has 6 heteroatoms. The number of rotatable bonds is 5. The SMILES string of the molecule is Cc1ccc(S(=O)(=O)N2CCC[C@@H](C(=O)Nc3ccccc3-c3ccccc3)C2)cc1. The van der Waals surface area contributed by atoms with E-state index < -0.39 is 15.9 Å². The van der Waals surface area contributed by atoms with E-state index in [1.165, 1.54) is 4.31 Å². The van der Waals surface area contributed by atoms with Crippen LogP contribution in [-0.4, -0.2) is 31.7 Å². The minimum atomic E-state index is -3.62. The minimum absolute atomic E-state index is 0.146. The van der Waals surface area contributed by atoms with E-state index >= 15 is 0 Å². The fraction of sp³-hybridized carbons (Fsp3) is 0.240. The third kappa shape index (κ3) is 4.70. The Labute approximate surface area is 183 Å². The zero-order valence-electron chi connectivity index (χ0n) is 17.5. The van der Waals surface area contributed by atoms with E-state index in [9.17, 15) is 13.2 Å². The molecule has 0 unspecified atom stereocenters. The number of amides is 1. The number of hydrogen-bond acceptors (Lipinski definition) is 3. The molecule has 0 aromatic heterocycles. The van der Waals surface area contributed by atoms with Crippen LogP contribution in [0.4, 0.5) is 5.69 Å². The van der Waals surface area contributed by atoms with Crippen LogP contribution in [0.5, 0.6) is 0 Å². The van der Waals surface area contributed by atoms with Crippen LogP contribution in [0.25, 0.3) is 11.1 Å².